The van der Waals surface area contributed by atoms with Crippen LogP contribution in [-0.4, -0.2) is 27.9 Å². The summed E-state index contributed by atoms with van der Waals surface area (Å²) < 4.78 is 0. The van der Waals surface area contributed by atoms with Gasteiger partial charge in [-0.3, -0.25) is 4.99 Å². The summed E-state index contributed by atoms with van der Waals surface area (Å²) in [7, 11) is 0. The number of nitrogens with zero attached hydrogens (tertiary/aromatic N) is 1. The third kappa shape index (κ3) is 3.41. The van der Waals surface area contributed by atoms with Crippen LogP contribution in [0, 0.1) is 0 Å². The number of carbonyl (C=O) groups is 1. The number of aliphatic imine (C=N–C) groups is 1. The Morgan fingerprint density at radius 1 is 1.73 bits per heavy atom. The van der Waals surface area contributed by atoms with Crippen molar-refractivity contribution in [3.8, 4) is 0 Å². The maximum atomic E-state index is 10.2. The monoisotopic (exact) mass is 175 g/mol. The van der Waals surface area contributed by atoms with Crippen LogP contribution in [-0.2, 0) is 4.79 Å². The largest absolute Gasteiger partial charge is 0.480 e. The number of hydrogen-bond donors (Lipinski definition) is 1. The van der Waals surface area contributed by atoms with Gasteiger partial charge in [-0.1, -0.05) is 13.8 Å². The van der Waals surface area contributed by atoms with Crippen molar-refractivity contribution in [2.45, 2.75) is 26.8 Å². The summed E-state index contributed by atoms with van der Waals surface area (Å²) in [6.45, 7) is 5.83. The number of thioether (sulfide) groups is 1. The predicted octanol–water partition coefficient (Wildman–Crippen LogP) is 1.63. The van der Waals surface area contributed by atoms with Gasteiger partial charge in [0.2, 0.25) is 0 Å². The lowest BCUT2D eigenvalue weighted by molar-refractivity contribution is -0.137. The normalized spacial score (nSPS) is 21.7. The van der Waals surface area contributed by atoms with Gasteiger partial charge in [-0.05, 0) is 6.92 Å². The molecule has 4 heteroatoms. The lowest BCUT2D eigenvalue weighted by Crippen LogP contribution is -2.16. The minimum Gasteiger partial charge on any atom is -0.480 e. The summed E-state index contributed by atoms with van der Waals surface area (Å²) >= 11 is 1.50. The first-order valence-corrected chi connectivity index (χ1v) is 4.58. The van der Waals surface area contributed by atoms with Crippen LogP contribution in [0.2, 0.25) is 0 Å². The number of rotatable bonds is 1. The van der Waals surface area contributed by atoms with E-state index >= 15 is 0 Å². The summed E-state index contributed by atoms with van der Waals surface area (Å²) in [6.07, 6.45) is 0. The molecule has 0 aromatic heterocycles. The van der Waals surface area contributed by atoms with Gasteiger partial charge in [0.15, 0.2) is 6.04 Å². The zero-order valence-electron chi connectivity index (χ0n) is 7.00. The molecular formula is C7H13NO2S. The fraction of sp³-hybridized carbons (Fsp3) is 0.714. The van der Waals surface area contributed by atoms with E-state index in [1.807, 2.05) is 20.8 Å². The molecule has 0 saturated heterocycles. The van der Waals surface area contributed by atoms with Crippen LogP contribution in [0.4, 0.5) is 0 Å². The maximum Gasteiger partial charge on any atom is 0.329 e. The van der Waals surface area contributed by atoms with Gasteiger partial charge in [0, 0.05) is 5.75 Å². The average Bonchev–Trinajstić information content (AvgIpc) is 2.40. The zero-order chi connectivity index (χ0) is 8.85. The molecule has 0 bridgehead atoms. The van der Waals surface area contributed by atoms with Crippen LogP contribution in [0.15, 0.2) is 4.99 Å². The van der Waals surface area contributed by atoms with Crippen LogP contribution in [0.1, 0.15) is 20.8 Å². The van der Waals surface area contributed by atoms with Crippen molar-refractivity contribution in [2.24, 2.45) is 4.99 Å². The highest BCUT2D eigenvalue weighted by atomic mass is 32.2. The Kier molecular flexibility index (Phi) is 4.94. The van der Waals surface area contributed by atoms with Gasteiger partial charge in [0.05, 0.1) is 5.04 Å². The van der Waals surface area contributed by atoms with Gasteiger partial charge in [0.1, 0.15) is 0 Å². The van der Waals surface area contributed by atoms with Crippen LogP contribution in [0.5, 0.6) is 0 Å². The van der Waals surface area contributed by atoms with E-state index in [4.69, 9.17) is 5.11 Å². The van der Waals surface area contributed by atoms with Gasteiger partial charge in [-0.25, -0.2) is 4.79 Å². The summed E-state index contributed by atoms with van der Waals surface area (Å²) in [5, 5.41) is 9.29. The summed E-state index contributed by atoms with van der Waals surface area (Å²) in [5.41, 5.74) is 0. The molecule has 0 radical (unpaired) electrons. The van der Waals surface area contributed by atoms with E-state index < -0.39 is 12.0 Å². The molecule has 0 aromatic rings. The molecule has 0 saturated carbocycles. The molecule has 0 spiro atoms. The van der Waals surface area contributed by atoms with Gasteiger partial charge < -0.3 is 5.11 Å². The Labute approximate surface area is 70.9 Å². The van der Waals surface area contributed by atoms with E-state index in [0.717, 1.165) is 5.04 Å². The molecule has 0 aromatic carbocycles. The number of carboxylic acid groups (broad SMARTS) is 1. The maximum absolute atomic E-state index is 10.2. The second-order valence-electron chi connectivity index (χ2n) is 1.81. The molecule has 1 N–H and O–H groups in total. The molecule has 1 heterocycles. The van der Waals surface area contributed by atoms with Crippen molar-refractivity contribution >= 4 is 22.8 Å². The zero-order valence-corrected chi connectivity index (χ0v) is 7.81. The Hall–Kier alpha value is -0.510. The van der Waals surface area contributed by atoms with Gasteiger partial charge in [-0.15, -0.1) is 11.8 Å². The van der Waals surface area contributed by atoms with Crippen molar-refractivity contribution in [3.63, 3.8) is 0 Å². The highest BCUT2D eigenvalue weighted by Crippen LogP contribution is 2.16. The number of hydrogen-bond acceptors (Lipinski definition) is 3. The molecule has 0 aliphatic carbocycles. The van der Waals surface area contributed by atoms with Crippen LogP contribution < -0.4 is 0 Å². The average molecular weight is 175 g/mol. The van der Waals surface area contributed by atoms with E-state index in [0.29, 0.717) is 5.75 Å². The summed E-state index contributed by atoms with van der Waals surface area (Å²) in [4.78, 5) is 14.1. The molecule has 1 atom stereocenters. The standard InChI is InChI=1S/C5H7NO2S.C2H6/c1-3-6-4(2-9-3)5(7)8;1-2/h4H,2H2,1H3,(H,7,8);1-2H3. The van der Waals surface area contributed by atoms with E-state index in [1.54, 1.807) is 0 Å². The summed E-state index contributed by atoms with van der Waals surface area (Å²) in [6, 6.07) is -0.491. The first-order valence-electron chi connectivity index (χ1n) is 3.60. The van der Waals surface area contributed by atoms with E-state index in [2.05, 4.69) is 4.99 Å². The van der Waals surface area contributed by atoms with E-state index in [1.165, 1.54) is 11.8 Å². The van der Waals surface area contributed by atoms with Crippen molar-refractivity contribution in [1.29, 1.82) is 0 Å². The Morgan fingerprint density at radius 3 is 2.45 bits per heavy atom. The first-order chi connectivity index (χ1) is 5.20. The molecule has 1 unspecified atom stereocenters. The Morgan fingerprint density at radius 2 is 2.27 bits per heavy atom. The van der Waals surface area contributed by atoms with Crippen molar-refractivity contribution in [2.75, 3.05) is 5.75 Å². The molecule has 0 amide bonds. The SMILES string of the molecule is CC.CC1=NC(C(=O)O)CS1. The number of carboxylic acids is 1. The molecule has 0 fully saturated rings. The number of aliphatic carboxylic acids is 1. The van der Waals surface area contributed by atoms with Crippen molar-refractivity contribution in [1.82, 2.24) is 0 Å². The quantitative estimate of drug-likeness (QED) is 0.659. The molecule has 1 rings (SSSR count). The minimum absolute atomic E-state index is 0.491. The lowest BCUT2D eigenvalue weighted by Gasteiger charge is -1.93. The van der Waals surface area contributed by atoms with Gasteiger partial charge >= 0.3 is 5.97 Å². The fourth-order valence-corrected chi connectivity index (χ4v) is 1.44. The minimum atomic E-state index is -0.820. The third-order valence-electron chi connectivity index (χ3n) is 1.07. The lowest BCUT2D eigenvalue weighted by atomic mass is 10.4. The second-order valence-corrected chi connectivity index (χ2v) is 3.03. The van der Waals surface area contributed by atoms with Crippen LogP contribution in [0.3, 0.4) is 0 Å². The Balaban J connectivity index is 0.000000461. The molecule has 11 heavy (non-hydrogen) atoms. The second kappa shape index (κ2) is 5.18. The summed E-state index contributed by atoms with van der Waals surface area (Å²) in [5.74, 6) is -0.222. The molecule has 3 nitrogen and oxygen atoms in total. The topological polar surface area (TPSA) is 49.7 Å². The van der Waals surface area contributed by atoms with Crippen LogP contribution in [0.25, 0.3) is 0 Å². The molecule has 1 aliphatic rings. The molecular weight excluding hydrogens is 162 g/mol. The first kappa shape index (κ1) is 10.5. The van der Waals surface area contributed by atoms with Crippen molar-refractivity contribution in [3.05, 3.63) is 0 Å². The molecule has 64 valence electrons. The predicted molar refractivity (Wildman–Crippen MR) is 48.3 cm³/mol. The highest BCUT2D eigenvalue weighted by Gasteiger charge is 2.21. The smallest absolute Gasteiger partial charge is 0.329 e. The van der Waals surface area contributed by atoms with Crippen molar-refractivity contribution < 1.29 is 9.90 Å². The fourth-order valence-electron chi connectivity index (χ4n) is 0.620. The van der Waals surface area contributed by atoms with Gasteiger partial charge in [0.25, 0.3) is 0 Å². The van der Waals surface area contributed by atoms with Crippen LogP contribution >= 0.6 is 11.8 Å². The highest BCUT2D eigenvalue weighted by molar-refractivity contribution is 8.14. The third-order valence-corrected chi connectivity index (χ3v) is 2.08. The van der Waals surface area contributed by atoms with E-state index in [-0.39, 0.29) is 0 Å². The molecule has 1 aliphatic heterocycles. The van der Waals surface area contributed by atoms with Gasteiger partial charge in [-0.2, -0.15) is 0 Å². The Bertz CT molecular complexity index is 168. The van der Waals surface area contributed by atoms with E-state index in [9.17, 15) is 4.79 Å².